The van der Waals surface area contributed by atoms with E-state index in [4.69, 9.17) is 10.00 Å². The van der Waals surface area contributed by atoms with E-state index in [0.717, 1.165) is 11.3 Å². The van der Waals surface area contributed by atoms with Crippen LogP contribution < -0.4 is 0 Å². The van der Waals surface area contributed by atoms with Gasteiger partial charge in [0.2, 0.25) is 0 Å². The summed E-state index contributed by atoms with van der Waals surface area (Å²) >= 11 is 0. The molecule has 0 bridgehead atoms. The lowest BCUT2D eigenvalue weighted by molar-refractivity contribution is 0.128. The summed E-state index contributed by atoms with van der Waals surface area (Å²) in [5.74, 6) is 0. The van der Waals surface area contributed by atoms with Gasteiger partial charge in [0.1, 0.15) is 5.69 Å². The molecule has 1 heterocycles. The van der Waals surface area contributed by atoms with E-state index in [1.165, 1.54) is 0 Å². The Hall–Kier alpha value is -2.19. The molecule has 5 heteroatoms. The Balaban J connectivity index is 1.86. The Labute approximate surface area is 106 Å². The maximum atomic E-state index is 8.35. The quantitative estimate of drug-likeness (QED) is 0.725. The molecule has 2 aromatic rings. The summed E-state index contributed by atoms with van der Waals surface area (Å²) in [5, 5.41) is 16.5. The molecule has 0 aliphatic heterocycles. The number of benzene rings is 1. The number of nitriles is 1. The Kier molecular flexibility index (Phi) is 4.45. The molecule has 0 aliphatic rings. The largest absolute Gasteiger partial charge is 0.378 e. The predicted molar refractivity (Wildman–Crippen MR) is 66.5 cm³/mol. The summed E-state index contributed by atoms with van der Waals surface area (Å²) in [6.07, 6.45) is 2.32. The maximum Gasteiger partial charge on any atom is 0.113 e. The van der Waals surface area contributed by atoms with E-state index in [1.54, 1.807) is 4.68 Å². The van der Waals surface area contributed by atoms with Gasteiger partial charge in [-0.3, -0.25) is 0 Å². The molecular weight excluding hydrogens is 228 g/mol. The number of aromatic nitrogens is 3. The van der Waals surface area contributed by atoms with E-state index in [0.29, 0.717) is 26.2 Å². The Morgan fingerprint density at radius 2 is 2.06 bits per heavy atom. The van der Waals surface area contributed by atoms with Gasteiger partial charge in [-0.2, -0.15) is 5.26 Å². The summed E-state index contributed by atoms with van der Waals surface area (Å²) < 4.78 is 7.03. The van der Waals surface area contributed by atoms with Gasteiger partial charge < -0.3 is 4.74 Å². The molecule has 0 unspecified atom stereocenters. The maximum absolute atomic E-state index is 8.35. The highest BCUT2D eigenvalue weighted by molar-refractivity contribution is 5.56. The molecule has 0 radical (unpaired) electrons. The van der Waals surface area contributed by atoms with Crippen LogP contribution in [0.3, 0.4) is 0 Å². The van der Waals surface area contributed by atoms with E-state index in [9.17, 15) is 0 Å². The van der Waals surface area contributed by atoms with Gasteiger partial charge in [0.05, 0.1) is 38.4 Å². The van der Waals surface area contributed by atoms with Crippen molar-refractivity contribution in [3.8, 4) is 17.3 Å². The zero-order valence-electron chi connectivity index (χ0n) is 9.99. The van der Waals surface area contributed by atoms with Crippen molar-refractivity contribution >= 4 is 0 Å². The zero-order valence-corrected chi connectivity index (χ0v) is 9.99. The molecule has 18 heavy (non-hydrogen) atoms. The van der Waals surface area contributed by atoms with Crippen molar-refractivity contribution in [3.05, 3.63) is 36.5 Å². The molecule has 5 nitrogen and oxygen atoms in total. The fourth-order valence-corrected chi connectivity index (χ4v) is 1.53. The molecule has 0 saturated heterocycles. The van der Waals surface area contributed by atoms with Crippen LogP contribution >= 0.6 is 0 Å². The van der Waals surface area contributed by atoms with Gasteiger partial charge in [-0.1, -0.05) is 35.5 Å². The van der Waals surface area contributed by atoms with E-state index in [2.05, 4.69) is 10.3 Å². The topological polar surface area (TPSA) is 63.7 Å². The first-order chi connectivity index (χ1) is 8.90. The van der Waals surface area contributed by atoms with Crippen molar-refractivity contribution in [2.45, 2.75) is 13.0 Å². The monoisotopic (exact) mass is 242 g/mol. The first kappa shape index (κ1) is 12.3. The van der Waals surface area contributed by atoms with Gasteiger partial charge in [-0.15, -0.1) is 5.10 Å². The van der Waals surface area contributed by atoms with Crippen LogP contribution in [0.2, 0.25) is 0 Å². The minimum absolute atomic E-state index is 0.423. The van der Waals surface area contributed by atoms with Crippen molar-refractivity contribution in [3.63, 3.8) is 0 Å². The third-order valence-corrected chi connectivity index (χ3v) is 2.43. The average Bonchev–Trinajstić information content (AvgIpc) is 2.88. The standard InChI is InChI=1S/C13H14N4O/c14-7-4-9-18-10-8-17-11-13(15-16-17)12-5-2-1-3-6-12/h1-3,5-6,11H,4,8-10H2. The third kappa shape index (κ3) is 3.40. The van der Waals surface area contributed by atoms with Crippen LogP contribution in [0.15, 0.2) is 36.5 Å². The van der Waals surface area contributed by atoms with Crippen LogP contribution in [0, 0.1) is 11.3 Å². The van der Waals surface area contributed by atoms with E-state index in [1.807, 2.05) is 42.6 Å². The molecule has 0 aliphatic carbocycles. The van der Waals surface area contributed by atoms with Crippen molar-refractivity contribution in [2.24, 2.45) is 0 Å². The lowest BCUT2D eigenvalue weighted by Crippen LogP contribution is -2.07. The second kappa shape index (κ2) is 6.52. The highest BCUT2D eigenvalue weighted by atomic mass is 16.5. The van der Waals surface area contributed by atoms with Gasteiger partial charge >= 0.3 is 0 Å². The first-order valence-corrected chi connectivity index (χ1v) is 5.80. The summed E-state index contributed by atoms with van der Waals surface area (Å²) in [6.45, 7) is 1.65. The zero-order chi connectivity index (χ0) is 12.6. The minimum atomic E-state index is 0.423. The van der Waals surface area contributed by atoms with Crippen molar-refractivity contribution in [2.75, 3.05) is 13.2 Å². The van der Waals surface area contributed by atoms with Crippen LogP contribution in [-0.2, 0) is 11.3 Å². The molecular formula is C13H14N4O. The first-order valence-electron chi connectivity index (χ1n) is 5.80. The average molecular weight is 242 g/mol. The molecule has 1 aromatic carbocycles. The second-order valence-electron chi connectivity index (χ2n) is 3.75. The van der Waals surface area contributed by atoms with Gasteiger partial charge in [-0.25, -0.2) is 4.68 Å². The lowest BCUT2D eigenvalue weighted by Gasteiger charge is -2.00. The fourth-order valence-electron chi connectivity index (χ4n) is 1.53. The number of hydrogen-bond donors (Lipinski definition) is 0. The molecule has 0 spiro atoms. The van der Waals surface area contributed by atoms with Crippen LogP contribution in [0.25, 0.3) is 11.3 Å². The van der Waals surface area contributed by atoms with Crippen LogP contribution in [-0.4, -0.2) is 28.2 Å². The van der Waals surface area contributed by atoms with Gasteiger partial charge in [0.15, 0.2) is 0 Å². The molecule has 92 valence electrons. The highest BCUT2D eigenvalue weighted by Crippen LogP contribution is 2.14. The molecule has 0 atom stereocenters. The molecule has 2 rings (SSSR count). The SMILES string of the molecule is N#CCCOCCn1cc(-c2ccccc2)nn1. The van der Waals surface area contributed by atoms with Crippen LogP contribution in [0.4, 0.5) is 0 Å². The normalized spacial score (nSPS) is 10.2. The molecule has 0 saturated carbocycles. The molecule has 0 N–H and O–H groups in total. The van der Waals surface area contributed by atoms with Crippen molar-refractivity contribution in [1.82, 2.24) is 15.0 Å². The second-order valence-corrected chi connectivity index (χ2v) is 3.75. The number of nitrogens with zero attached hydrogens (tertiary/aromatic N) is 4. The van der Waals surface area contributed by atoms with Crippen molar-refractivity contribution in [1.29, 1.82) is 5.26 Å². The smallest absolute Gasteiger partial charge is 0.113 e. The predicted octanol–water partition coefficient (Wildman–Crippen LogP) is 1.88. The Morgan fingerprint density at radius 1 is 1.22 bits per heavy atom. The van der Waals surface area contributed by atoms with Gasteiger partial charge in [-0.05, 0) is 0 Å². The molecule has 0 fully saturated rings. The lowest BCUT2D eigenvalue weighted by atomic mass is 10.2. The summed E-state index contributed by atoms with van der Waals surface area (Å²) in [7, 11) is 0. The Morgan fingerprint density at radius 3 is 2.83 bits per heavy atom. The molecule has 0 amide bonds. The van der Waals surface area contributed by atoms with Crippen LogP contribution in [0.1, 0.15) is 6.42 Å². The van der Waals surface area contributed by atoms with E-state index < -0.39 is 0 Å². The molecule has 1 aromatic heterocycles. The minimum Gasteiger partial charge on any atom is -0.378 e. The number of ether oxygens (including phenoxy) is 1. The van der Waals surface area contributed by atoms with E-state index >= 15 is 0 Å². The number of rotatable bonds is 6. The highest BCUT2D eigenvalue weighted by Gasteiger charge is 2.02. The Bertz CT molecular complexity index is 515. The van der Waals surface area contributed by atoms with E-state index in [-0.39, 0.29) is 0 Å². The summed E-state index contributed by atoms with van der Waals surface area (Å²) in [4.78, 5) is 0. The van der Waals surface area contributed by atoms with Gasteiger partial charge in [0.25, 0.3) is 0 Å². The van der Waals surface area contributed by atoms with Crippen molar-refractivity contribution < 1.29 is 4.74 Å². The summed E-state index contributed by atoms with van der Waals surface area (Å²) in [6, 6.07) is 11.9. The van der Waals surface area contributed by atoms with Crippen LogP contribution in [0.5, 0.6) is 0 Å². The number of hydrogen-bond acceptors (Lipinski definition) is 4. The summed E-state index contributed by atoms with van der Waals surface area (Å²) in [5.41, 5.74) is 1.90. The third-order valence-electron chi connectivity index (χ3n) is 2.43. The van der Waals surface area contributed by atoms with Gasteiger partial charge in [0, 0.05) is 5.56 Å². The fraction of sp³-hybridized carbons (Fsp3) is 0.308.